The summed E-state index contributed by atoms with van der Waals surface area (Å²) in [5.41, 5.74) is 1.49. The highest BCUT2D eigenvalue weighted by Gasteiger charge is 2.38. The van der Waals surface area contributed by atoms with Crippen LogP contribution in [0.1, 0.15) is 31.0 Å². The molecule has 0 radical (unpaired) electrons. The number of amides is 1. The van der Waals surface area contributed by atoms with Crippen molar-refractivity contribution in [3.63, 3.8) is 0 Å². The minimum absolute atomic E-state index is 0.0160. The van der Waals surface area contributed by atoms with Crippen molar-refractivity contribution in [1.29, 1.82) is 0 Å². The summed E-state index contributed by atoms with van der Waals surface area (Å²) in [5.74, 6) is -0.920. The molecule has 1 unspecified atom stereocenters. The Balaban J connectivity index is 1.75. The number of likely N-dealkylation sites (N-methyl/N-ethyl adjacent to an activating group) is 1. The molecule has 0 aliphatic carbocycles. The third-order valence-corrected chi connectivity index (χ3v) is 8.50. The Labute approximate surface area is 252 Å². The molecule has 2 aliphatic heterocycles. The highest BCUT2D eigenvalue weighted by Crippen LogP contribution is 2.45. The largest absolute Gasteiger partial charge is 0.507 e. The van der Waals surface area contributed by atoms with Crippen molar-refractivity contribution in [2.45, 2.75) is 32.7 Å². The van der Waals surface area contributed by atoms with E-state index in [4.69, 9.17) is 16.6 Å². The Bertz CT molecular complexity index is 1850. The van der Waals surface area contributed by atoms with Gasteiger partial charge in [0.15, 0.2) is 11.5 Å². The zero-order chi connectivity index (χ0) is 30.7. The van der Waals surface area contributed by atoms with Gasteiger partial charge in [0.25, 0.3) is 0 Å². The molecule has 1 atom stereocenters. The highest BCUT2D eigenvalue weighted by molar-refractivity contribution is 6.33. The van der Waals surface area contributed by atoms with Gasteiger partial charge in [0.2, 0.25) is 5.91 Å². The average Bonchev–Trinajstić information content (AvgIpc) is 3.08. The van der Waals surface area contributed by atoms with E-state index in [0.717, 1.165) is 5.56 Å². The number of pyridine rings is 2. The van der Waals surface area contributed by atoms with Gasteiger partial charge in [-0.05, 0) is 42.7 Å². The first-order valence-electron chi connectivity index (χ1n) is 14.0. The number of rotatable bonds is 4. The number of aryl methyl sites for hydroxylation is 1. The number of phenols is 1. The van der Waals surface area contributed by atoms with E-state index in [1.54, 1.807) is 41.2 Å². The smallest absolute Gasteiger partial charge is 0.355 e. The number of anilines is 2. The SMILES string of the molecule is C=CC(=O)N1CCN2c3nc(=O)n(-c4c(C)ccnc4C(C)C)c4nc(-c5c(O)cccc5Cl)c(F)c(c34)N(C)CC2C1. The second kappa shape index (κ2) is 10.6. The quantitative estimate of drug-likeness (QED) is 0.342. The third kappa shape index (κ3) is 4.50. The van der Waals surface area contributed by atoms with Crippen LogP contribution in [-0.4, -0.2) is 74.7 Å². The summed E-state index contributed by atoms with van der Waals surface area (Å²) in [6.07, 6.45) is 2.96. The molecule has 4 aromatic rings. The topological polar surface area (TPSA) is 108 Å². The van der Waals surface area contributed by atoms with Crippen molar-refractivity contribution in [3.8, 4) is 22.7 Å². The summed E-state index contributed by atoms with van der Waals surface area (Å²) in [6.45, 7) is 10.8. The number of piperazine rings is 1. The molecule has 1 saturated heterocycles. The van der Waals surface area contributed by atoms with Gasteiger partial charge in [-0.2, -0.15) is 4.98 Å². The molecular weight excluding hydrogens is 573 g/mol. The molecule has 2 aliphatic rings. The van der Waals surface area contributed by atoms with E-state index in [0.29, 0.717) is 48.8 Å². The number of aromatic hydroxyl groups is 1. The Morgan fingerprint density at radius 3 is 2.65 bits per heavy atom. The molecule has 6 rings (SSSR count). The number of phenolic OH excluding ortho intramolecular Hbond substituents is 1. The van der Waals surface area contributed by atoms with Crippen molar-refractivity contribution in [2.75, 3.05) is 43.0 Å². The molecule has 0 saturated carbocycles. The standard InChI is InChI=1S/C31H31ClFN7O3/c1-6-21(42)38-12-13-39-18(15-38)14-37(5)28-23-29(39)36-31(43)40(27-17(4)10-11-34-25(27)16(2)3)30(23)35-26(24(28)33)22-19(32)8-7-9-20(22)41/h6-11,16,18,41H,1,12-15H2,2-5H3. The van der Waals surface area contributed by atoms with Crippen molar-refractivity contribution in [3.05, 3.63) is 75.7 Å². The molecule has 10 nitrogen and oxygen atoms in total. The molecule has 12 heteroatoms. The predicted molar refractivity (Wildman–Crippen MR) is 165 cm³/mol. The number of fused-ring (bicyclic) bond motifs is 2. The lowest BCUT2D eigenvalue weighted by atomic mass is 10.0. The Morgan fingerprint density at radius 1 is 1.19 bits per heavy atom. The number of benzene rings is 1. The van der Waals surface area contributed by atoms with E-state index < -0.39 is 11.5 Å². The van der Waals surface area contributed by atoms with E-state index in [9.17, 15) is 14.7 Å². The van der Waals surface area contributed by atoms with Gasteiger partial charge in [-0.25, -0.2) is 18.7 Å². The van der Waals surface area contributed by atoms with Crippen molar-refractivity contribution >= 4 is 40.0 Å². The first-order chi connectivity index (χ1) is 20.5. The molecule has 43 heavy (non-hydrogen) atoms. The lowest BCUT2D eigenvalue weighted by Crippen LogP contribution is -2.57. The van der Waals surface area contributed by atoms with Crippen molar-refractivity contribution in [2.24, 2.45) is 0 Å². The molecular formula is C31H31ClFN7O3. The van der Waals surface area contributed by atoms with Crippen LogP contribution in [0.25, 0.3) is 28.0 Å². The summed E-state index contributed by atoms with van der Waals surface area (Å²) in [5, 5.41) is 11.3. The summed E-state index contributed by atoms with van der Waals surface area (Å²) >= 11 is 6.51. The van der Waals surface area contributed by atoms with Crippen LogP contribution in [0.3, 0.4) is 0 Å². The number of hydrogen-bond acceptors (Lipinski definition) is 8. The van der Waals surface area contributed by atoms with Gasteiger partial charge in [-0.15, -0.1) is 0 Å². The monoisotopic (exact) mass is 603 g/mol. The molecule has 5 heterocycles. The van der Waals surface area contributed by atoms with Crippen LogP contribution in [0, 0.1) is 12.7 Å². The number of hydrogen-bond donors (Lipinski definition) is 1. The lowest BCUT2D eigenvalue weighted by molar-refractivity contribution is -0.126. The second-order valence-corrected chi connectivity index (χ2v) is 11.6. The minimum atomic E-state index is -0.711. The van der Waals surface area contributed by atoms with E-state index in [1.807, 2.05) is 25.7 Å². The summed E-state index contributed by atoms with van der Waals surface area (Å²) in [4.78, 5) is 45.9. The average molecular weight is 604 g/mol. The number of halogens is 2. The van der Waals surface area contributed by atoms with Gasteiger partial charge in [0, 0.05) is 39.4 Å². The molecule has 1 aromatic carbocycles. The maximum atomic E-state index is 16.9. The first kappa shape index (κ1) is 28.6. The van der Waals surface area contributed by atoms with Crippen LogP contribution in [0.2, 0.25) is 5.02 Å². The first-order valence-corrected chi connectivity index (χ1v) is 14.4. The van der Waals surface area contributed by atoms with E-state index in [-0.39, 0.29) is 51.2 Å². The number of carbonyl (C=O) groups is 1. The third-order valence-electron chi connectivity index (χ3n) is 8.18. The van der Waals surface area contributed by atoms with Crippen LogP contribution in [0.5, 0.6) is 5.75 Å². The van der Waals surface area contributed by atoms with Gasteiger partial charge < -0.3 is 19.8 Å². The van der Waals surface area contributed by atoms with Crippen LogP contribution in [0.15, 0.2) is 47.9 Å². The number of carbonyl (C=O) groups excluding carboxylic acids is 1. The fourth-order valence-corrected chi connectivity index (χ4v) is 6.45. The minimum Gasteiger partial charge on any atom is -0.507 e. The van der Waals surface area contributed by atoms with E-state index in [2.05, 4.69) is 16.5 Å². The van der Waals surface area contributed by atoms with Crippen LogP contribution in [-0.2, 0) is 4.79 Å². The Kier molecular flexibility index (Phi) is 7.08. The fraction of sp³-hybridized carbons (Fsp3) is 0.323. The number of aromatic nitrogens is 4. The Hall–Kier alpha value is -4.51. The van der Waals surface area contributed by atoms with Gasteiger partial charge in [0.05, 0.1) is 39.1 Å². The van der Waals surface area contributed by atoms with Gasteiger partial charge in [-0.1, -0.05) is 38.1 Å². The van der Waals surface area contributed by atoms with Gasteiger partial charge in [0.1, 0.15) is 17.3 Å². The van der Waals surface area contributed by atoms with Crippen LogP contribution in [0.4, 0.5) is 15.9 Å². The fourth-order valence-electron chi connectivity index (χ4n) is 6.19. The van der Waals surface area contributed by atoms with Crippen LogP contribution < -0.4 is 15.5 Å². The molecule has 0 bridgehead atoms. The summed E-state index contributed by atoms with van der Waals surface area (Å²) < 4.78 is 18.2. The maximum Gasteiger partial charge on any atom is 0.355 e. The molecule has 0 spiro atoms. The molecule has 222 valence electrons. The normalized spacial score (nSPS) is 16.4. The van der Waals surface area contributed by atoms with E-state index in [1.165, 1.54) is 16.7 Å². The zero-order valence-corrected chi connectivity index (χ0v) is 25.1. The molecule has 1 N–H and O–H groups in total. The van der Waals surface area contributed by atoms with Crippen LogP contribution >= 0.6 is 11.6 Å². The lowest BCUT2D eigenvalue weighted by Gasteiger charge is -2.41. The van der Waals surface area contributed by atoms with Gasteiger partial charge >= 0.3 is 5.69 Å². The van der Waals surface area contributed by atoms with Crippen molar-refractivity contribution < 1.29 is 14.3 Å². The summed E-state index contributed by atoms with van der Waals surface area (Å²) in [7, 11) is 1.75. The zero-order valence-electron chi connectivity index (χ0n) is 24.3. The Morgan fingerprint density at radius 2 is 1.95 bits per heavy atom. The number of nitrogens with zero attached hydrogens (tertiary/aromatic N) is 7. The highest BCUT2D eigenvalue weighted by atomic mass is 35.5. The predicted octanol–water partition coefficient (Wildman–Crippen LogP) is 4.43. The molecule has 1 fully saturated rings. The maximum absolute atomic E-state index is 16.9. The second-order valence-electron chi connectivity index (χ2n) is 11.2. The molecule has 3 aromatic heterocycles. The van der Waals surface area contributed by atoms with Gasteiger partial charge in [-0.3, -0.25) is 9.78 Å². The molecule has 1 amide bonds. The summed E-state index contributed by atoms with van der Waals surface area (Å²) in [6, 6.07) is 6.01. The van der Waals surface area contributed by atoms with E-state index >= 15 is 4.39 Å². The van der Waals surface area contributed by atoms with Crippen molar-refractivity contribution in [1.82, 2.24) is 24.4 Å².